The van der Waals surface area contributed by atoms with Gasteiger partial charge in [-0.1, -0.05) is 41.4 Å². The summed E-state index contributed by atoms with van der Waals surface area (Å²) in [5.41, 5.74) is 0.0269. The minimum absolute atomic E-state index is 0.0269. The number of hydrogen-bond donors (Lipinski definition) is 0. The Morgan fingerprint density at radius 1 is 0.667 bits per heavy atom. The van der Waals surface area contributed by atoms with Crippen LogP contribution in [0.4, 0.5) is 0 Å². The highest BCUT2D eigenvalue weighted by Crippen LogP contribution is 2.09. The van der Waals surface area contributed by atoms with Gasteiger partial charge in [-0.3, -0.25) is 0 Å². The lowest BCUT2D eigenvalue weighted by atomic mass is 9.98. The van der Waals surface area contributed by atoms with Crippen molar-refractivity contribution in [2.45, 2.75) is 20.8 Å². The summed E-state index contributed by atoms with van der Waals surface area (Å²) in [4.78, 5) is 0. The third-order valence-electron chi connectivity index (χ3n) is 1.38. The van der Waals surface area contributed by atoms with Crippen molar-refractivity contribution in [3.8, 4) is 47.9 Å². The van der Waals surface area contributed by atoms with Gasteiger partial charge in [-0.05, 0) is 57.2 Å². The average molecular weight is 232 g/mol. The molecule has 0 saturated carbocycles. The lowest BCUT2D eigenvalue weighted by molar-refractivity contribution is 0.571. The van der Waals surface area contributed by atoms with Crippen molar-refractivity contribution in [1.29, 1.82) is 0 Å². The summed E-state index contributed by atoms with van der Waals surface area (Å²) in [6.07, 6.45) is 15.0. The molecule has 0 heteroatoms. The second-order valence-electron chi connectivity index (χ2n) is 4.26. The number of hydrogen-bond acceptors (Lipinski definition) is 0. The zero-order valence-corrected chi connectivity index (χ0v) is 11.0. The van der Waals surface area contributed by atoms with E-state index in [-0.39, 0.29) is 5.41 Å². The van der Waals surface area contributed by atoms with Gasteiger partial charge in [0.2, 0.25) is 0 Å². The van der Waals surface area contributed by atoms with Gasteiger partial charge in [-0.25, -0.2) is 0 Å². The first kappa shape index (κ1) is 15.5. The second-order valence-corrected chi connectivity index (χ2v) is 4.26. The van der Waals surface area contributed by atoms with E-state index >= 15 is 0 Å². The van der Waals surface area contributed by atoms with Crippen LogP contribution in [0.1, 0.15) is 20.8 Å². The van der Waals surface area contributed by atoms with Crippen molar-refractivity contribution in [3.63, 3.8) is 0 Å². The molecule has 0 heterocycles. The summed E-state index contributed by atoms with van der Waals surface area (Å²) in [6, 6.07) is 0. The lowest BCUT2D eigenvalue weighted by Crippen LogP contribution is -1.98. The quantitative estimate of drug-likeness (QED) is 0.562. The van der Waals surface area contributed by atoms with Crippen LogP contribution in [0, 0.1) is 53.3 Å². The molecule has 0 amide bonds. The normalized spacial score (nSPS) is 10.1. The highest BCUT2D eigenvalue weighted by molar-refractivity contribution is 5.33. The van der Waals surface area contributed by atoms with E-state index in [4.69, 9.17) is 6.42 Å². The summed E-state index contributed by atoms with van der Waals surface area (Å²) in [5.74, 6) is 19.6. The molecule has 0 rings (SSSR count). The van der Waals surface area contributed by atoms with Crippen molar-refractivity contribution in [2.75, 3.05) is 0 Å². The fourth-order valence-corrected chi connectivity index (χ4v) is 0.707. The zero-order valence-electron chi connectivity index (χ0n) is 11.0. The molecule has 88 valence electrons. The molecule has 0 aromatic heterocycles. The van der Waals surface area contributed by atoms with Gasteiger partial charge in [-0.2, -0.15) is 0 Å². The van der Waals surface area contributed by atoms with Crippen LogP contribution in [-0.2, 0) is 0 Å². The smallest absolute Gasteiger partial charge is 0.0233 e. The molecule has 0 aromatic carbocycles. The van der Waals surface area contributed by atoms with Crippen molar-refractivity contribution in [3.05, 3.63) is 36.5 Å². The molecule has 0 radical (unpaired) electrons. The van der Waals surface area contributed by atoms with Gasteiger partial charge >= 0.3 is 0 Å². The van der Waals surface area contributed by atoms with Crippen LogP contribution < -0.4 is 0 Å². The first-order valence-electron chi connectivity index (χ1n) is 5.52. The minimum Gasteiger partial charge on any atom is -0.115 e. The Kier molecular flexibility index (Phi) is 8.30. The van der Waals surface area contributed by atoms with Gasteiger partial charge in [0.05, 0.1) is 0 Å². The summed E-state index contributed by atoms with van der Waals surface area (Å²) < 4.78 is 0. The van der Waals surface area contributed by atoms with Crippen LogP contribution >= 0.6 is 0 Å². The Morgan fingerprint density at radius 3 is 1.44 bits per heavy atom. The maximum Gasteiger partial charge on any atom is 0.0233 e. The molecule has 0 nitrogen and oxygen atoms in total. The summed E-state index contributed by atoms with van der Waals surface area (Å²) in [5, 5.41) is 0. The number of allylic oxidation sites excluding steroid dienone is 6. The van der Waals surface area contributed by atoms with E-state index in [2.05, 4.69) is 62.2 Å². The Bertz CT molecular complexity index is 548. The van der Waals surface area contributed by atoms with Gasteiger partial charge in [0.25, 0.3) is 0 Å². The Morgan fingerprint density at radius 2 is 1.06 bits per heavy atom. The van der Waals surface area contributed by atoms with E-state index in [9.17, 15) is 0 Å². The van der Waals surface area contributed by atoms with Crippen molar-refractivity contribution < 1.29 is 0 Å². The predicted octanol–water partition coefficient (Wildman–Crippen LogP) is 3.34. The fourth-order valence-electron chi connectivity index (χ4n) is 0.707. The van der Waals surface area contributed by atoms with Crippen LogP contribution in [0.2, 0.25) is 0 Å². The molecule has 0 aliphatic heterocycles. The van der Waals surface area contributed by atoms with Gasteiger partial charge in [0.1, 0.15) is 0 Å². The molecule has 0 aliphatic carbocycles. The molecule has 0 spiro atoms. The van der Waals surface area contributed by atoms with Crippen molar-refractivity contribution in [1.82, 2.24) is 0 Å². The molecule has 0 aromatic rings. The molecule has 18 heavy (non-hydrogen) atoms. The Balaban J connectivity index is 4.13. The maximum absolute atomic E-state index is 5.01. The Hall–Kier alpha value is -2.54. The standard InChI is InChI=1S/C18H16/c1-5-6-7-8-9-10-11-12-13-14-15-16-17-18(2,3)4/h1,6-7,10-11,14-15H,2-4H3/b7-6+,11-10+,15-14+. The monoisotopic (exact) mass is 232 g/mol. The van der Waals surface area contributed by atoms with Crippen molar-refractivity contribution in [2.24, 2.45) is 5.41 Å². The van der Waals surface area contributed by atoms with Crippen molar-refractivity contribution >= 4 is 0 Å². The molecular formula is C18H16. The topological polar surface area (TPSA) is 0 Å². The second kappa shape index (κ2) is 9.67. The van der Waals surface area contributed by atoms with Crippen LogP contribution in [0.5, 0.6) is 0 Å². The lowest BCUT2D eigenvalue weighted by Gasteiger charge is -2.05. The molecule has 0 unspecified atom stereocenters. The first-order chi connectivity index (χ1) is 8.56. The van der Waals surface area contributed by atoms with Crippen LogP contribution in [0.25, 0.3) is 0 Å². The van der Waals surface area contributed by atoms with Gasteiger partial charge in [0.15, 0.2) is 0 Å². The largest absolute Gasteiger partial charge is 0.115 e. The molecule has 0 saturated heterocycles. The van der Waals surface area contributed by atoms with Gasteiger partial charge < -0.3 is 0 Å². The van der Waals surface area contributed by atoms with Gasteiger partial charge in [0, 0.05) is 5.41 Å². The molecular weight excluding hydrogens is 216 g/mol. The van der Waals surface area contributed by atoms with E-state index < -0.39 is 0 Å². The molecule has 0 N–H and O–H groups in total. The number of terminal acetylenes is 1. The van der Waals surface area contributed by atoms with E-state index in [0.29, 0.717) is 0 Å². The highest BCUT2D eigenvalue weighted by atomic mass is 14.0. The zero-order chi connectivity index (χ0) is 13.7. The molecule has 0 fully saturated rings. The maximum atomic E-state index is 5.01. The molecule has 0 bridgehead atoms. The van der Waals surface area contributed by atoms with Crippen LogP contribution in [0.3, 0.4) is 0 Å². The predicted molar refractivity (Wildman–Crippen MR) is 79.0 cm³/mol. The van der Waals surface area contributed by atoms with E-state index in [1.165, 1.54) is 0 Å². The fraction of sp³-hybridized carbons (Fsp3) is 0.222. The Labute approximate surface area is 111 Å². The third-order valence-corrected chi connectivity index (χ3v) is 1.38. The summed E-state index contributed by atoms with van der Waals surface area (Å²) in [7, 11) is 0. The molecule has 0 aliphatic rings. The van der Waals surface area contributed by atoms with E-state index in [1.54, 1.807) is 36.5 Å². The first-order valence-corrected chi connectivity index (χ1v) is 5.52. The minimum atomic E-state index is 0.0269. The number of rotatable bonds is 0. The van der Waals surface area contributed by atoms with Crippen LogP contribution in [-0.4, -0.2) is 0 Å². The summed E-state index contributed by atoms with van der Waals surface area (Å²) in [6.45, 7) is 6.20. The summed E-state index contributed by atoms with van der Waals surface area (Å²) >= 11 is 0. The molecule has 0 atom stereocenters. The van der Waals surface area contributed by atoms with E-state index in [1.807, 2.05) is 0 Å². The van der Waals surface area contributed by atoms with E-state index in [0.717, 1.165) is 0 Å². The van der Waals surface area contributed by atoms with Crippen LogP contribution in [0.15, 0.2) is 36.5 Å². The highest BCUT2D eigenvalue weighted by Gasteiger charge is 2.01. The van der Waals surface area contributed by atoms with Gasteiger partial charge in [-0.15, -0.1) is 6.42 Å². The third kappa shape index (κ3) is 13.5. The average Bonchev–Trinajstić information content (AvgIpc) is 2.29. The SMILES string of the molecule is C#C/C=C/C#C/C=C/C#C/C=C/C#CC(C)(C)C.